The van der Waals surface area contributed by atoms with Crippen molar-refractivity contribution >= 4 is 11.8 Å². The third-order valence-electron chi connectivity index (χ3n) is 3.46. The lowest BCUT2D eigenvalue weighted by atomic mass is 10.3. The maximum absolute atomic E-state index is 11.7. The predicted octanol–water partition coefficient (Wildman–Crippen LogP) is 0.104. The number of carbonyl (C=O) groups is 2. The van der Waals surface area contributed by atoms with E-state index in [0.717, 1.165) is 0 Å². The summed E-state index contributed by atoms with van der Waals surface area (Å²) in [6.07, 6.45) is 8.35. The molecule has 0 aromatic heterocycles. The molecule has 0 saturated carbocycles. The fourth-order valence-corrected chi connectivity index (χ4v) is 2.10. The van der Waals surface area contributed by atoms with Crippen molar-refractivity contribution in [2.75, 3.05) is 65.9 Å². The largest absolute Gasteiger partial charge is 0.377 e. The first-order chi connectivity index (χ1) is 13.1. The monoisotopic (exact) mass is 380 g/mol. The Bertz CT molecular complexity index is 523. The van der Waals surface area contributed by atoms with E-state index in [1.807, 2.05) is 0 Å². The maximum Gasteiger partial charge on any atom is 0.251 e. The molecule has 1 N–H and O–H groups in total. The molecule has 0 aromatic carbocycles. The van der Waals surface area contributed by atoms with E-state index in [9.17, 15) is 9.59 Å². The van der Waals surface area contributed by atoms with Crippen LogP contribution in [0.3, 0.4) is 0 Å². The van der Waals surface area contributed by atoms with Gasteiger partial charge in [0.25, 0.3) is 5.91 Å². The molecular formula is C19H28N2O6. The molecule has 1 aliphatic rings. The summed E-state index contributed by atoms with van der Waals surface area (Å²) in [5.74, 6) is 2.10. The molecule has 0 aliphatic carbocycles. The van der Waals surface area contributed by atoms with Gasteiger partial charge in [0.1, 0.15) is 6.61 Å². The number of hydrogen-bond acceptors (Lipinski definition) is 6. The molecule has 27 heavy (non-hydrogen) atoms. The number of amides is 2. The molecule has 0 fully saturated rings. The van der Waals surface area contributed by atoms with Crippen LogP contribution in [0.5, 0.6) is 0 Å². The molecule has 0 spiro atoms. The van der Waals surface area contributed by atoms with Crippen molar-refractivity contribution in [1.29, 1.82) is 0 Å². The van der Waals surface area contributed by atoms with Crippen molar-refractivity contribution in [2.45, 2.75) is 6.42 Å². The van der Waals surface area contributed by atoms with E-state index in [1.54, 1.807) is 6.08 Å². The van der Waals surface area contributed by atoms with Crippen LogP contribution in [-0.2, 0) is 28.5 Å². The normalized spacial score (nSPS) is 13.2. The van der Waals surface area contributed by atoms with Gasteiger partial charge in [0.2, 0.25) is 5.91 Å². The van der Waals surface area contributed by atoms with Gasteiger partial charge >= 0.3 is 0 Å². The molecule has 1 rings (SSSR count). The Hall–Kier alpha value is -2.18. The van der Waals surface area contributed by atoms with Gasteiger partial charge in [-0.15, -0.1) is 6.42 Å². The second-order valence-corrected chi connectivity index (χ2v) is 5.51. The smallest absolute Gasteiger partial charge is 0.251 e. The fourth-order valence-electron chi connectivity index (χ4n) is 2.10. The molecule has 1 aliphatic heterocycles. The van der Waals surface area contributed by atoms with Gasteiger partial charge in [0.05, 0.1) is 46.2 Å². The molecule has 0 atom stereocenters. The van der Waals surface area contributed by atoms with Gasteiger partial charge in [-0.05, 0) is 6.08 Å². The van der Waals surface area contributed by atoms with Gasteiger partial charge in [-0.2, -0.15) is 0 Å². The van der Waals surface area contributed by atoms with E-state index in [4.69, 9.17) is 25.4 Å². The Kier molecular flexibility index (Phi) is 12.6. The number of nitrogens with one attached hydrogen (secondary N) is 1. The fraction of sp³-hybridized carbons (Fsp3) is 0.579. The van der Waals surface area contributed by atoms with Crippen LogP contribution in [0.15, 0.2) is 24.4 Å². The van der Waals surface area contributed by atoms with Crippen LogP contribution in [0.1, 0.15) is 6.42 Å². The van der Waals surface area contributed by atoms with Crippen LogP contribution in [-0.4, -0.2) is 82.7 Å². The summed E-state index contributed by atoms with van der Waals surface area (Å²) in [4.78, 5) is 24.7. The zero-order valence-electron chi connectivity index (χ0n) is 15.6. The van der Waals surface area contributed by atoms with Gasteiger partial charge in [0, 0.05) is 31.3 Å². The van der Waals surface area contributed by atoms with Crippen LogP contribution in [0, 0.1) is 12.3 Å². The van der Waals surface area contributed by atoms with Crippen LogP contribution in [0.2, 0.25) is 0 Å². The van der Waals surface area contributed by atoms with E-state index in [1.165, 1.54) is 11.0 Å². The summed E-state index contributed by atoms with van der Waals surface area (Å²) >= 11 is 0. The van der Waals surface area contributed by atoms with Crippen molar-refractivity contribution < 1.29 is 28.5 Å². The quantitative estimate of drug-likeness (QED) is 0.302. The molecule has 150 valence electrons. The first kappa shape index (κ1) is 22.9. The van der Waals surface area contributed by atoms with Crippen molar-refractivity contribution in [3.63, 3.8) is 0 Å². The lowest BCUT2D eigenvalue weighted by molar-refractivity contribution is -0.124. The van der Waals surface area contributed by atoms with Gasteiger partial charge < -0.3 is 29.2 Å². The highest BCUT2D eigenvalue weighted by atomic mass is 16.6. The standard InChI is InChI=1S/C19H28N2O6/c1-3-9-24-11-13-26-15-16-27-14-12-25-10-7-20-18(22)6-8-21-17(2)4-5-19(21)23/h1,4-5H,2,6-16H2,(H,20,22). The first-order valence-corrected chi connectivity index (χ1v) is 8.84. The molecular weight excluding hydrogens is 352 g/mol. The van der Waals surface area contributed by atoms with E-state index < -0.39 is 0 Å². The van der Waals surface area contributed by atoms with Crippen LogP contribution in [0.4, 0.5) is 0 Å². The van der Waals surface area contributed by atoms with Crippen molar-refractivity contribution in [3.05, 3.63) is 24.4 Å². The molecule has 0 unspecified atom stereocenters. The summed E-state index contributed by atoms with van der Waals surface area (Å²) in [6, 6.07) is 0. The predicted molar refractivity (Wildman–Crippen MR) is 99.7 cm³/mol. The van der Waals surface area contributed by atoms with Crippen LogP contribution in [0.25, 0.3) is 0 Å². The van der Waals surface area contributed by atoms with Crippen molar-refractivity contribution in [3.8, 4) is 12.3 Å². The van der Waals surface area contributed by atoms with Crippen molar-refractivity contribution in [1.82, 2.24) is 10.2 Å². The summed E-state index contributed by atoms with van der Waals surface area (Å²) in [5.41, 5.74) is 0.610. The lowest BCUT2D eigenvalue weighted by Gasteiger charge is -2.16. The minimum Gasteiger partial charge on any atom is -0.377 e. The number of hydrogen-bond donors (Lipinski definition) is 1. The number of allylic oxidation sites excluding steroid dienone is 1. The van der Waals surface area contributed by atoms with Gasteiger partial charge in [-0.1, -0.05) is 12.5 Å². The molecule has 0 aromatic rings. The molecule has 0 bridgehead atoms. The minimum atomic E-state index is -0.140. The zero-order chi connectivity index (χ0) is 19.7. The van der Waals surface area contributed by atoms with Crippen LogP contribution >= 0.6 is 0 Å². The lowest BCUT2D eigenvalue weighted by Crippen LogP contribution is -2.32. The second-order valence-electron chi connectivity index (χ2n) is 5.51. The zero-order valence-corrected chi connectivity index (χ0v) is 15.6. The maximum atomic E-state index is 11.7. The Morgan fingerprint density at radius 1 is 1.04 bits per heavy atom. The number of ether oxygens (including phenoxy) is 4. The summed E-state index contributed by atoms with van der Waals surface area (Å²) < 4.78 is 21.0. The highest BCUT2D eigenvalue weighted by Crippen LogP contribution is 2.12. The third-order valence-corrected chi connectivity index (χ3v) is 3.46. The Morgan fingerprint density at radius 3 is 2.19 bits per heavy atom. The Balaban J connectivity index is 1.82. The number of terminal acetylenes is 1. The van der Waals surface area contributed by atoms with E-state index in [2.05, 4.69) is 17.8 Å². The number of nitrogens with zero attached hydrogens (tertiary/aromatic N) is 1. The number of rotatable bonds is 16. The van der Waals surface area contributed by atoms with E-state index in [0.29, 0.717) is 71.6 Å². The average molecular weight is 380 g/mol. The summed E-state index contributed by atoms with van der Waals surface area (Å²) in [6.45, 7) is 7.98. The molecule has 2 amide bonds. The minimum absolute atomic E-state index is 0.134. The van der Waals surface area contributed by atoms with E-state index in [-0.39, 0.29) is 18.2 Å². The Labute approximate surface area is 160 Å². The molecule has 8 nitrogen and oxygen atoms in total. The third kappa shape index (κ3) is 11.2. The molecule has 8 heteroatoms. The highest BCUT2D eigenvalue weighted by Gasteiger charge is 2.18. The SMILES string of the molecule is C#CCOCCOCCOCCOCCNC(=O)CCN1C(=C)C=CC1=O. The average Bonchev–Trinajstić information content (AvgIpc) is 2.98. The van der Waals surface area contributed by atoms with Gasteiger partial charge in [-0.3, -0.25) is 9.59 Å². The number of carbonyl (C=O) groups excluding carboxylic acids is 2. The first-order valence-electron chi connectivity index (χ1n) is 8.84. The van der Waals surface area contributed by atoms with Crippen molar-refractivity contribution in [2.24, 2.45) is 0 Å². The molecule has 1 heterocycles. The molecule has 0 radical (unpaired) electrons. The highest BCUT2D eigenvalue weighted by molar-refractivity contribution is 5.93. The Morgan fingerprint density at radius 2 is 1.63 bits per heavy atom. The van der Waals surface area contributed by atoms with Gasteiger partial charge in [0.15, 0.2) is 0 Å². The van der Waals surface area contributed by atoms with E-state index >= 15 is 0 Å². The summed E-state index contributed by atoms with van der Waals surface area (Å²) in [5, 5.41) is 2.74. The van der Waals surface area contributed by atoms with Crippen LogP contribution < -0.4 is 5.32 Å². The second kappa shape index (κ2) is 14.9. The summed E-state index contributed by atoms with van der Waals surface area (Å²) in [7, 11) is 0. The van der Waals surface area contributed by atoms with Gasteiger partial charge in [-0.25, -0.2) is 0 Å². The topological polar surface area (TPSA) is 86.3 Å². The molecule has 0 saturated heterocycles.